The Morgan fingerprint density at radius 2 is 2.00 bits per heavy atom. The summed E-state index contributed by atoms with van der Waals surface area (Å²) in [5.74, 6) is -0.930. The Morgan fingerprint density at radius 1 is 1.21 bits per heavy atom. The zero-order valence-electron chi connectivity index (χ0n) is 7.84. The molecule has 76 valence electrons. The van der Waals surface area contributed by atoms with Crippen LogP contribution in [-0.2, 0) is 0 Å². The maximum absolute atomic E-state index is 13.4. The van der Waals surface area contributed by atoms with Gasteiger partial charge in [-0.25, -0.2) is 8.78 Å². The summed E-state index contributed by atoms with van der Waals surface area (Å²) < 4.78 is 26.0. The van der Waals surface area contributed by atoms with Crippen LogP contribution in [0, 0.1) is 11.6 Å². The third kappa shape index (κ3) is 1.64. The maximum atomic E-state index is 13.4. The van der Waals surface area contributed by atoms with Gasteiger partial charge in [0, 0.05) is 18.0 Å². The van der Waals surface area contributed by atoms with Gasteiger partial charge in [-0.05, 0) is 24.5 Å². The van der Waals surface area contributed by atoms with Gasteiger partial charge in [-0.2, -0.15) is 0 Å². The van der Waals surface area contributed by atoms with E-state index in [2.05, 4.69) is 0 Å². The van der Waals surface area contributed by atoms with E-state index in [1.54, 1.807) is 0 Å². The molecule has 0 aliphatic heterocycles. The topological polar surface area (TPSA) is 26.0 Å². The molecule has 0 spiro atoms. The quantitative estimate of drug-likeness (QED) is 0.735. The third-order valence-electron chi connectivity index (χ3n) is 2.93. The van der Waals surface area contributed by atoms with Crippen molar-refractivity contribution in [1.29, 1.82) is 0 Å². The lowest BCUT2D eigenvalue weighted by Gasteiger charge is -2.16. The van der Waals surface area contributed by atoms with Crippen molar-refractivity contribution in [3.8, 4) is 0 Å². The van der Waals surface area contributed by atoms with E-state index < -0.39 is 11.6 Å². The van der Waals surface area contributed by atoms with Gasteiger partial charge in [0.25, 0.3) is 0 Å². The molecule has 14 heavy (non-hydrogen) atoms. The van der Waals surface area contributed by atoms with E-state index in [0.717, 1.165) is 25.3 Å². The Balaban J connectivity index is 2.31. The van der Waals surface area contributed by atoms with Gasteiger partial charge in [-0.1, -0.05) is 12.5 Å². The molecule has 2 N–H and O–H groups in total. The number of rotatable bonds is 1. The molecule has 1 nitrogen and oxygen atoms in total. The van der Waals surface area contributed by atoms with Crippen LogP contribution in [-0.4, -0.2) is 6.04 Å². The average Bonchev–Trinajstić information content (AvgIpc) is 2.52. The molecule has 1 saturated carbocycles. The second kappa shape index (κ2) is 3.65. The molecule has 2 rings (SSSR count). The molecule has 1 aromatic rings. The van der Waals surface area contributed by atoms with Gasteiger partial charge in [0.1, 0.15) is 11.6 Å². The molecule has 0 saturated heterocycles. The van der Waals surface area contributed by atoms with Gasteiger partial charge >= 0.3 is 0 Å². The SMILES string of the molecule is NC1CCCC1c1ccc(F)cc1F. The first kappa shape index (κ1) is 9.59. The first-order valence-corrected chi connectivity index (χ1v) is 4.89. The normalized spacial score (nSPS) is 26.8. The molecule has 0 aromatic heterocycles. The second-order valence-electron chi connectivity index (χ2n) is 3.87. The van der Waals surface area contributed by atoms with E-state index in [4.69, 9.17) is 5.73 Å². The molecule has 2 unspecified atom stereocenters. The van der Waals surface area contributed by atoms with Crippen molar-refractivity contribution >= 4 is 0 Å². The van der Waals surface area contributed by atoms with Crippen LogP contribution in [0.5, 0.6) is 0 Å². The predicted molar refractivity (Wildman–Crippen MR) is 50.9 cm³/mol. The summed E-state index contributed by atoms with van der Waals surface area (Å²) in [6.07, 6.45) is 2.87. The lowest BCUT2D eigenvalue weighted by Crippen LogP contribution is -2.23. The average molecular weight is 197 g/mol. The Morgan fingerprint density at radius 3 is 2.57 bits per heavy atom. The van der Waals surface area contributed by atoms with Crippen molar-refractivity contribution in [1.82, 2.24) is 0 Å². The van der Waals surface area contributed by atoms with Gasteiger partial charge in [0.05, 0.1) is 0 Å². The molecule has 0 radical (unpaired) electrons. The summed E-state index contributed by atoms with van der Waals surface area (Å²) in [4.78, 5) is 0. The van der Waals surface area contributed by atoms with Crippen molar-refractivity contribution in [2.45, 2.75) is 31.2 Å². The highest BCUT2D eigenvalue weighted by Crippen LogP contribution is 2.34. The summed E-state index contributed by atoms with van der Waals surface area (Å²) >= 11 is 0. The van der Waals surface area contributed by atoms with Crippen molar-refractivity contribution in [3.63, 3.8) is 0 Å². The minimum Gasteiger partial charge on any atom is -0.327 e. The third-order valence-corrected chi connectivity index (χ3v) is 2.93. The lowest BCUT2D eigenvalue weighted by atomic mass is 9.94. The predicted octanol–water partition coefficient (Wildman–Crippen LogP) is 2.56. The van der Waals surface area contributed by atoms with E-state index in [-0.39, 0.29) is 12.0 Å². The van der Waals surface area contributed by atoms with Crippen LogP contribution in [0.1, 0.15) is 30.7 Å². The molecule has 1 aromatic carbocycles. The number of hydrogen-bond acceptors (Lipinski definition) is 1. The zero-order chi connectivity index (χ0) is 10.1. The smallest absolute Gasteiger partial charge is 0.129 e. The Labute approximate surface area is 81.9 Å². The molecular formula is C11H13F2N. The molecular weight excluding hydrogens is 184 g/mol. The van der Waals surface area contributed by atoms with Gasteiger partial charge in [0.2, 0.25) is 0 Å². The standard InChI is InChI=1S/C11H13F2N/c12-7-4-5-8(10(13)6-7)9-2-1-3-11(9)14/h4-6,9,11H,1-3,14H2. The Hall–Kier alpha value is -0.960. The van der Waals surface area contributed by atoms with Gasteiger partial charge in [-0.3, -0.25) is 0 Å². The van der Waals surface area contributed by atoms with Gasteiger partial charge in [0.15, 0.2) is 0 Å². The van der Waals surface area contributed by atoms with Crippen LogP contribution in [0.25, 0.3) is 0 Å². The number of nitrogens with two attached hydrogens (primary N) is 1. The van der Waals surface area contributed by atoms with Crippen LogP contribution >= 0.6 is 0 Å². The maximum Gasteiger partial charge on any atom is 0.129 e. The minimum absolute atomic E-state index is 0.0231. The van der Waals surface area contributed by atoms with Crippen LogP contribution in [0.2, 0.25) is 0 Å². The molecule has 0 heterocycles. The van der Waals surface area contributed by atoms with E-state index in [1.807, 2.05) is 0 Å². The van der Waals surface area contributed by atoms with Crippen LogP contribution in [0.15, 0.2) is 18.2 Å². The summed E-state index contributed by atoms with van der Waals surface area (Å²) in [5.41, 5.74) is 6.42. The van der Waals surface area contributed by atoms with E-state index in [9.17, 15) is 8.78 Å². The molecule has 0 bridgehead atoms. The zero-order valence-corrected chi connectivity index (χ0v) is 7.84. The summed E-state index contributed by atoms with van der Waals surface area (Å²) in [6.45, 7) is 0. The first-order chi connectivity index (χ1) is 6.68. The molecule has 0 amide bonds. The Kier molecular flexibility index (Phi) is 2.50. The monoisotopic (exact) mass is 197 g/mol. The number of halogens is 2. The van der Waals surface area contributed by atoms with Crippen molar-refractivity contribution in [3.05, 3.63) is 35.4 Å². The number of hydrogen-bond donors (Lipinski definition) is 1. The second-order valence-corrected chi connectivity index (χ2v) is 3.87. The van der Waals surface area contributed by atoms with Crippen molar-refractivity contribution in [2.24, 2.45) is 5.73 Å². The number of benzene rings is 1. The molecule has 3 heteroatoms. The largest absolute Gasteiger partial charge is 0.327 e. The molecule has 2 atom stereocenters. The summed E-state index contributed by atoms with van der Waals surface area (Å²) in [7, 11) is 0. The van der Waals surface area contributed by atoms with Gasteiger partial charge in [-0.15, -0.1) is 0 Å². The fourth-order valence-corrected chi connectivity index (χ4v) is 2.18. The van der Waals surface area contributed by atoms with Crippen LogP contribution in [0.3, 0.4) is 0 Å². The molecule has 1 aliphatic rings. The highest BCUT2D eigenvalue weighted by atomic mass is 19.1. The lowest BCUT2D eigenvalue weighted by molar-refractivity contribution is 0.534. The van der Waals surface area contributed by atoms with Crippen molar-refractivity contribution < 1.29 is 8.78 Å². The van der Waals surface area contributed by atoms with Crippen molar-refractivity contribution in [2.75, 3.05) is 0 Å². The van der Waals surface area contributed by atoms with E-state index >= 15 is 0 Å². The fourth-order valence-electron chi connectivity index (χ4n) is 2.18. The molecule has 1 aliphatic carbocycles. The minimum atomic E-state index is -0.530. The van der Waals surface area contributed by atoms with Gasteiger partial charge < -0.3 is 5.73 Å². The molecule has 1 fully saturated rings. The highest BCUT2D eigenvalue weighted by molar-refractivity contribution is 5.25. The summed E-state index contributed by atoms with van der Waals surface area (Å²) in [6, 6.07) is 3.76. The Bertz CT molecular complexity index is 338. The van der Waals surface area contributed by atoms with Crippen LogP contribution in [0.4, 0.5) is 8.78 Å². The van der Waals surface area contributed by atoms with E-state index in [0.29, 0.717) is 5.56 Å². The van der Waals surface area contributed by atoms with E-state index in [1.165, 1.54) is 12.1 Å². The summed E-state index contributed by atoms with van der Waals surface area (Å²) in [5, 5.41) is 0. The fraction of sp³-hybridized carbons (Fsp3) is 0.455. The highest BCUT2D eigenvalue weighted by Gasteiger charge is 2.27. The van der Waals surface area contributed by atoms with Crippen LogP contribution < -0.4 is 5.73 Å². The first-order valence-electron chi connectivity index (χ1n) is 4.89.